The molecule has 1 aliphatic heterocycles. The largest absolute Gasteiger partial charge is 0.293 e. The van der Waals surface area contributed by atoms with E-state index in [4.69, 9.17) is 0 Å². The molecule has 0 radical (unpaired) electrons. The Balaban J connectivity index is 1.54. The molecule has 0 bridgehead atoms. The van der Waals surface area contributed by atoms with E-state index in [1.165, 1.54) is 56.1 Å². The van der Waals surface area contributed by atoms with Crippen LogP contribution in [-0.4, -0.2) is 35.0 Å². The number of fused-ring (bicyclic) bond motifs is 1. The van der Waals surface area contributed by atoms with Crippen molar-refractivity contribution >= 4 is 0 Å². The van der Waals surface area contributed by atoms with Gasteiger partial charge in [0.1, 0.15) is 0 Å². The molecule has 2 nitrogen and oxygen atoms in total. The maximum absolute atomic E-state index is 3.72. The predicted molar refractivity (Wildman–Crippen MR) is 131 cm³/mol. The third-order valence-electron chi connectivity index (χ3n) is 7.05. The van der Waals surface area contributed by atoms with Crippen LogP contribution in [0.1, 0.15) is 75.5 Å². The average Bonchev–Trinajstić information content (AvgIpc) is 2.83. The molecule has 2 aromatic rings. The van der Waals surface area contributed by atoms with E-state index < -0.39 is 0 Å². The third-order valence-corrected chi connectivity index (χ3v) is 7.05. The van der Waals surface area contributed by atoms with Crippen molar-refractivity contribution in [2.45, 2.75) is 83.0 Å². The zero-order chi connectivity index (χ0) is 21.3. The van der Waals surface area contributed by atoms with Crippen LogP contribution in [0, 0.1) is 11.8 Å². The van der Waals surface area contributed by atoms with E-state index in [-0.39, 0.29) is 6.04 Å². The van der Waals surface area contributed by atoms with Gasteiger partial charge in [-0.25, -0.2) is 0 Å². The molecule has 2 heteroatoms. The molecule has 164 valence electrons. The lowest BCUT2D eigenvalue weighted by Gasteiger charge is -2.51. The van der Waals surface area contributed by atoms with Crippen molar-refractivity contribution < 1.29 is 0 Å². The number of rotatable bonds is 7. The molecule has 0 amide bonds. The summed E-state index contributed by atoms with van der Waals surface area (Å²) in [5, 5.41) is 0. The first-order valence-corrected chi connectivity index (χ1v) is 12.4. The summed E-state index contributed by atoms with van der Waals surface area (Å²) in [5.74, 6) is 7.28. The quantitative estimate of drug-likeness (QED) is 0.380. The lowest BCUT2D eigenvalue weighted by atomic mass is 9.84. The molecule has 3 atom stereocenters. The number of unbranched alkanes of at least 4 members (excludes halogenated alkanes) is 3. The van der Waals surface area contributed by atoms with Crippen molar-refractivity contribution in [2.24, 2.45) is 0 Å². The molecular weight excluding hydrogens is 376 g/mol. The topological polar surface area (TPSA) is 6.48 Å². The molecule has 1 saturated heterocycles. The second kappa shape index (κ2) is 11.5. The van der Waals surface area contributed by atoms with Crippen molar-refractivity contribution in [1.82, 2.24) is 9.80 Å². The molecular formula is C29H38N2. The second-order valence-corrected chi connectivity index (χ2v) is 9.20. The van der Waals surface area contributed by atoms with Crippen LogP contribution in [0.15, 0.2) is 60.7 Å². The molecule has 2 aromatic carbocycles. The maximum Gasteiger partial charge on any atom is 0.0974 e. The van der Waals surface area contributed by atoms with Crippen LogP contribution < -0.4 is 0 Å². The summed E-state index contributed by atoms with van der Waals surface area (Å²) in [6.45, 7) is 5.58. The van der Waals surface area contributed by atoms with E-state index in [9.17, 15) is 0 Å². The summed E-state index contributed by atoms with van der Waals surface area (Å²) in [6.07, 6.45) is 10.1. The fourth-order valence-corrected chi connectivity index (χ4v) is 5.44. The van der Waals surface area contributed by atoms with Crippen molar-refractivity contribution in [2.75, 3.05) is 13.1 Å². The van der Waals surface area contributed by atoms with Crippen LogP contribution in [-0.2, 0) is 6.54 Å². The zero-order valence-electron chi connectivity index (χ0n) is 19.2. The van der Waals surface area contributed by atoms with E-state index in [2.05, 4.69) is 89.2 Å². The maximum atomic E-state index is 3.72. The van der Waals surface area contributed by atoms with Crippen molar-refractivity contribution in [3.05, 3.63) is 71.8 Å². The van der Waals surface area contributed by atoms with Gasteiger partial charge in [-0.15, -0.1) is 5.92 Å². The molecule has 31 heavy (non-hydrogen) atoms. The Hall–Kier alpha value is -2.08. The highest BCUT2D eigenvalue weighted by Crippen LogP contribution is 2.36. The highest BCUT2D eigenvalue weighted by molar-refractivity contribution is 5.28. The number of piperazine rings is 1. The van der Waals surface area contributed by atoms with Crippen molar-refractivity contribution in [1.29, 1.82) is 0 Å². The molecule has 2 aliphatic rings. The SMILES string of the molecule is CCCCCC#C[C@H](c1ccccc1)N1CCN(Cc2ccccc2)[C@@H]2CCCC[C@H]21. The Morgan fingerprint density at radius 2 is 1.58 bits per heavy atom. The Labute approximate surface area is 189 Å². The lowest BCUT2D eigenvalue weighted by molar-refractivity contribution is -0.0206. The van der Waals surface area contributed by atoms with Gasteiger partial charge in [-0.1, -0.05) is 99.2 Å². The molecule has 1 aliphatic carbocycles. The van der Waals surface area contributed by atoms with Gasteiger partial charge in [0, 0.05) is 38.1 Å². The van der Waals surface area contributed by atoms with Crippen LogP contribution in [0.25, 0.3) is 0 Å². The van der Waals surface area contributed by atoms with Gasteiger partial charge in [-0.3, -0.25) is 9.80 Å². The standard InChI is InChI=1S/C29H38N2/c1-2-3-4-5-12-19-27(26-17-10-7-11-18-26)31-23-22-30(24-25-15-8-6-9-16-25)28-20-13-14-21-29(28)31/h6-11,15-18,27-29H,2-5,13-14,20-24H2,1H3/t27-,28-,29-/m1/s1. The number of nitrogens with zero attached hydrogens (tertiary/aromatic N) is 2. The van der Waals surface area contributed by atoms with E-state index in [0.29, 0.717) is 12.1 Å². The number of hydrogen-bond donors (Lipinski definition) is 0. The molecule has 2 fully saturated rings. The van der Waals surface area contributed by atoms with E-state index in [1.807, 2.05) is 0 Å². The molecule has 0 unspecified atom stereocenters. The lowest BCUT2D eigenvalue weighted by Crippen LogP contribution is -2.60. The van der Waals surface area contributed by atoms with Crippen molar-refractivity contribution in [3.8, 4) is 11.8 Å². The summed E-state index contributed by atoms with van der Waals surface area (Å²) in [4.78, 5) is 5.51. The van der Waals surface area contributed by atoms with Gasteiger partial charge >= 0.3 is 0 Å². The van der Waals surface area contributed by atoms with E-state index in [1.54, 1.807) is 0 Å². The summed E-state index contributed by atoms with van der Waals surface area (Å²) in [5.41, 5.74) is 2.81. The predicted octanol–water partition coefficient (Wildman–Crippen LogP) is 6.44. The fourth-order valence-electron chi connectivity index (χ4n) is 5.44. The summed E-state index contributed by atoms with van der Waals surface area (Å²) >= 11 is 0. The molecule has 1 saturated carbocycles. The Morgan fingerprint density at radius 3 is 2.32 bits per heavy atom. The van der Waals surface area contributed by atoms with Gasteiger partial charge in [0.25, 0.3) is 0 Å². The first kappa shape index (κ1) is 22.1. The summed E-state index contributed by atoms with van der Waals surface area (Å²) in [6, 6.07) is 23.5. The fraction of sp³-hybridized carbons (Fsp3) is 0.517. The van der Waals surface area contributed by atoms with Crippen molar-refractivity contribution in [3.63, 3.8) is 0 Å². The van der Waals surface area contributed by atoms with Gasteiger partial charge in [0.15, 0.2) is 0 Å². The molecule has 0 N–H and O–H groups in total. The van der Waals surface area contributed by atoms with Gasteiger partial charge < -0.3 is 0 Å². The zero-order valence-corrected chi connectivity index (χ0v) is 19.2. The van der Waals surface area contributed by atoms with Gasteiger partial charge in [0.2, 0.25) is 0 Å². The highest BCUT2D eigenvalue weighted by Gasteiger charge is 2.40. The normalized spacial score (nSPS) is 22.9. The van der Waals surface area contributed by atoms with Gasteiger partial charge in [-0.05, 0) is 30.4 Å². The Morgan fingerprint density at radius 1 is 0.871 bits per heavy atom. The van der Waals surface area contributed by atoms with E-state index >= 15 is 0 Å². The molecule has 0 spiro atoms. The van der Waals surface area contributed by atoms with Crippen LogP contribution in [0.4, 0.5) is 0 Å². The first-order chi connectivity index (χ1) is 15.4. The Kier molecular flexibility index (Phi) is 8.22. The van der Waals surface area contributed by atoms with Crippen LogP contribution in [0.3, 0.4) is 0 Å². The Bertz CT molecular complexity index is 835. The minimum atomic E-state index is 0.229. The number of hydrogen-bond acceptors (Lipinski definition) is 2. The minimum Gasteiger partial charge on any atom is -0.293 e. The van der Waals surface area contributed by atoms with Gasteiger partial charge in [0.05, 0.1) is 6.04 Å². The first-order valence-electron chi connectivity index (χ1n) is 12.4. The van der Waals surface area contributed by atoms with Gasteiger partial charge in [-0.2, -0.15) is 0 Å². The molecule has 1 heterocycles. The monoisotopic (exact) mass is 414 g/mol. The average molecular weight is 415 g/mol. The van der Waals surface area contributed by atoms with Crippen LogP contribution in [0.5, 0.6) is 0 Å². The van der Waals surface area contributed by atoms with Crippen LogP contribution in [0.2, 0.25) is 0 Å². The highest BCUT2D eigenvalue weighted by atomic mass is 15.3. The smallest absolute Gasteiger partial charge is 0.0974 e. The number of benzene rings is 2. The summed E-state index contributed by atoms with van der Waals surface area (Å²) in [7, 11) is 0. The third kappa shape index (κ3) is 5.79. The molecule has 4 rings (SSSR count). The van der Waals surface area contributed by atoms with Crippen LogP contribution >= 0.6 is 0 Å². The van der Waals surface area contributed by atoms with E-state index in [0.717, 1.165) is 26.1 Å². The second-order valence-electron chi connectivity index (χ2n) is 9.20. The summed E-state index contributed by atoms with van der Waals surface area (Å²) < 4.78 is 0. The molecule has 0 aromatic heterocycles. The minimum absolute atomic E-state index is 0.229.